The van der Waals surface area contributed by atoms with Crippen molar-refractivity contribution in [2.24, 2.45) is 0 Å². The number of nitrogens with zero attached hydrogens (tertiary/aromatic N) is 3. The highest BCUT2D eigenvalue weighted by Crippen LogP contribution is 2.28. The number of carbonyl (C=O) groups excluding carboxylic acids is 1. The molecule has 0 spiro atoms. The maximum absolute atomic E-state index is 12.9. The van der Waals surface area contributed by atoms with Gasteiger partial charge in [-0.25, -0.2) is 13.2 Å². The lowest BCUT2D eigenvalue weighted by atomic mass is 10.3. The molecule has 0 unspecified atom stereocenters. The number of hydrogen-bond donors (Lipinski definition) is 0. The minimum absolute atomic E-state index is 0.121. The molecule has 0 N–H and O–H groups in total. The van der Waals surface area contributed by atoms with Crippen molar-refractivity contribution in [2.45, 2.75) is 31.0 Å². The van der Waals surface area contributed by atoms with Gasteiger partial charge >= 0.3 is 6.03 Å². The molecule has 2 heterocycles. The molecular weight excluding hydrogens is 330 g/mol. The molecule has 0 radical (unpaired) electrons. The Kier molecular flexibility index (Phi) is 4.80. The van der Waals surface area contributed by atoms with Gasteiger partial charge in [0.05, 0.1) is 24.3 Å². The van der Waals surface area contributed by atoms with Gasteiger partial charge in [0, 0.05) is 25.7 Å². The molecule has 1 aromatic carbocycles. The van der Waals surface area contributed by atoms with E-state index in [2.05, 4.69) is 0 Å². The lowest BCUT2D eigenvalue weighted by Gasteiger charge is -2.35. The Balaban J connectivity index is 1.82. The zero-order chi connectivity index (χ0) is 17.3. The van der Waals surface area contributed by atoms with E-state index < -0.39 is 16.2 Å². The molecule has 0 saturated carbocycles. The first-order chi connectivity index (χ1) is 11.4. The molecule has 2 aliphatic heterocycles. The van der Waals surface area contributed by atoms with Gasteiger partial charge in [0.2, 0.25) is 10.0 Å². The Morgan fingerprint density at radius 1 is 1.12 bits per heavy atom. The summed E-state index contributed by atoms with van der Waals surface area (Å²) in [7, 11) is -3.62. The van der Waals surface area contributed by atoms with E-state index in [0.29, 0.717) is 32.8 Å². The lowest BCUT2D eigenvalue weighted by molar-refractivity contribution is 0.0382. The largest absolute Gasteiger partial charge is 0.378 e. The molecular formula is C16H23N3O4S. The van der Waals surface area contributed by atoms with Crippen LogP contribution in [0, 0.1) is 0 Å². The van der Waals surface area contributed by atoms with Gasteiger partial charge in [-0.1, -0.05) is 18.2 Å². The van der Waals surface area contributed by atoms with Gasteiger partial charge in [-0.15, -0.1) is 0 Å². The fourth-order valence-corrected chi connectivity index (χ4v) is 4.99. The van der Waals surface area contributed by atoms with E-state index in [4.69, 9.17) is 4.74 Å². The predicted octanol–water partition coefficient (Wildman–Crippen LogP) is 1.18. The van der Waals surface area contributed by atoms with E-state index in [0.717, 1.165) is 0 Å². The normalized spacial score (nSPS) is 25.9. The molecule has 2 aliphatic rings. The second-order valence-electron chi connectivity index (χ2n) is 6.16. The Labute approximate surface area is 142 Å². The standard InChI is InChI=1S/C16H23N3O4S/c1-13-12-18(24(21,22)15-6-4-3-5-7-15)14(2)19(13)16(20)17-8-10-23-11-9-17/h3-7,13-14H,8-12H2,1-2H3/t13-,14+/m0/s1. The quantitative estimate of drug-likeness (QED) is 0.801. The van der Waals surface area contributed by atoms with Gasteiger partial charge in [-0.05, 0) is 26.0 Å². The number of urea groups is 1. The summed E-state index contributed by atoms with van der Waals surface area (Å²) in [6.07, 6.45) is -0.513. The molecule has 24 heavy (non-hydrogen) atoms. The van der Waals surface area contributed by atoms with Gasteiger partial charge in [0.15, 0.2) is 0 Å². The highest BCUT2D eigenvalue weighted by Gasteiger charge is 2.45. The number of carbonyl (C=O) groups is 1. The molecule has 0 aliphatic carbocycles. The van der Waals surface area contributed by atoms with E-state index in [-0.39, 0.29) is 17.0 Å². The number of hydrogen-bond acceptors (Lipinski definition) is 4. The fraction of sp³-hybridized carbons (Fsp3) is 0.562. The minimum atomic E-state index is -3.62. The van der Waals surface area contributed by atoms with Crippen LogP contribution in [0.15, 0.2) is 35.2 Å². The third kappa shape index (κ3) is 3.01. The van der Waals surface area contributed by atoms with E-state index in [1.54, 1.807) is 47.1 Å². The Morgan fingerprint density at radius 3 is 2.38 bits per heavy atom. The van der Waals surface area contributed by atoms with Gasteiger partial charge in [-0.3, -0.25) is 0 Å². The predicted molar refractivity (Wildman–Crippen MR) is 88.9 cm³/mol. The first-order valence-corrected chi connectivity index (χ1v) is 9.59. The highest BCUT2D eigenvalue weighted by molar-refractivity contribution is 7.89. The van der Waals surface area contributed by atoms with Crippen LogP contribution in [0.5, 0.6) is 0 Å². The Hall–Kier alpha value is -1.64. The van der Waals surface area contributed by atoms with Crippen molar-refractivity contribution in [3.05, 3.63) is 30.3 Å². The summed E-state index contributed by atoms with van der Waals surface area (Å²) in [5.41, 5.74) is 0. The summed E-state index contributed by atoms with van der Waals surface area (Å²) in [6.45, 7) is 6.08. The molecule has 2 fully saturated rings. The summed E-state index contributed by atoms with van der Waals surface area (Å²) in [4.78, 5) is 16.4. The summed E-state index contributed by atoms with van der Waals surface area (Å²) in [5.74, 6) is 0. The van der Waals surface area contributed by atoms with E-state index >= 15 is 0 Å². The molecule has 0 bridgehead atoms. The second kappa shape index (κ2) is 6.70. The monoisotopic (exact) mass is 353 g/mol. The number of benzene rings is 1. The van der Waals surface area contributed by atoms with Gasteiger partial charge in [0.25, 0.3) is 0 Å². The first-order valence-electron chi connectivity index (χ1n) is 8.15. The summed E-state index contributed by atoms with van der Waals surface area (Å²) in [6, 6.07) is 8.06. The van der Waals surface area contributed by atoms with E-state index in [9.17, 15) is 13.2 Å². The number of rotatable bonds is 2. The molecule has 8 heteroatoms. The van der Waals surface area contributed by atoms with Crippen LogP contribution >= 0.6 is 0 Å². The number of ether oxygens (including phenoxy) is 1. The van der Waals surface area contributed by atoms with Crippen LogP contribution in [-0.2, 0) is 14.8 Å². The Morgan fingerprint density at radius 2 is 1.75 bits per heavy atom. The van der Waals surface area contributed by atoms with Crippen molar-refractivity contribution in [1.82, 2.24) is 14.1 Å². The molecule has 0 aromatic heterocycles. The zero-order valence-corrected chi connectivity index (χ0v) is 14.8. The first kappa shape index (κ1) is 17.2. The van der Waals surface area contributed by atoms with Crippen molar-refractivity contribution in [3.8, 4) is 0 Å². The molecule has 2 atom stereocenters. The average molecular weight is 353 g/mol. The van der Waals surface area contributed by atoms with E-state index in [1.165, 1.54) is 4.31 Å². The van der Waals surface area contributed by atoms with Crippen LogP contribution < -0.4 is 0 Å². The van der Waals surface area contributed by atoms with Crippen LogP contribution in [0.1, 0.15) is 13.8 Å². The summed E-state index contributed by atoms with van der Waals surface area (Å²) in [5, 5.41) is 0. The third-order valence-corrected chi connectivity index (χ3v) is 6.53. The number of morpholine rings is 1. The van der Waals surface area contributed by atoms with Crippen molar-refractivity contribution >= 4 is 16.1 Å². The molecule has 1 aromatic rings. The third-order valence-electron chi connectivity index (χ3n) is 4.59. The highest BCUT2D eigenvalue weighted by atomic mass is 32.2. The molecule has 132 valence electrons. The second-order valence-corrected chi connectivity index (χ2v) is 8.05. The number of amides is 2. The number of sulfonamides is 1. The topological polar surface area (TPSA) is 70.2 Å². The Bertz CT molecular complexity index is 689. The molecule has 3 rings (SSSR count). The van der Waals surface area contributed by atoms with Crippen molar-refractivity contribution in [2.75, 3.05) is 32.8 Å². The SMILES string of the molecule is C[C@H]1CN(S(=O)(=O)c2ccccc2)[C@@H](C)N1C(=O)N1CCOCC1. The van der Waals surface area contributed by atoms with Crippen LogP contribution in [0.25, 0.3) is 0 Å². The molecule has 7 nitrogen and oxygen atoms in total. The van der Waals surface area contributed by atoms with Crippen molar-refractivity contribution < 1.29 is 17.9 Å². The smallest absolute Gasteiger partial charge is 0.321 e. The van der Waals surface area contributed by atoms with Crippen LogP contribution in [0.3, 0.4) is 0 Å². The average Bonchev–Trinajstić information content (AvgIpc) is 2.91. The van der Waals surface area contributed by atoms with Crippen molar-refractivity contribution in [3.63, 3.8) is 0 Å². The van der Waals surface area contributed by atoms with Gasteiger partial charge in [-0.2, -0.15) is 4.31 Å². The van der Waals surface area contributed by atoms with E-state index in [1.807, 2.05) is 6.92 Å². The minimum Gasteiger partial charge on any atom is -0.378 e. The van der Waals surface area contributed by atoms with Gasteiger partial charge in [0.1, 0.15) is 0 Å². The summed E-state index contributed by atoms with van der Waals surface area (Å²) >= 11 is 0. The lowest BCUT2D eigenvalue weighted by Crippen LogP contribution is -2.52. The molecule has 2 amide bonds. The maximum Gasteiger partial charge on any atom is 0.321 e. The molecule has 2 saturated heterocycles. The van der Waals surface area contributed by atoms with Crippen LogP contribution in [-0.4, -0.2) is 73.6 Å². The summed E-state index contributed by atoms with van der Waals surface area (Å²) < 4.78 is 32.5. The fourth-order valence-electron chi connectivity index (χ4n) is 3.30. The maximum atomic E-state index is 12.9. The zero-order valence-electron chi connectivity index (χ0n) is 14.0. The van der Waals surface area contributed by atoms with Crippen LogP contribution in [0.2, 0.25) is 0 Å². The van der Waals surface area contributed by atoms with Crippen LogP contribution in [0.4, 0.5) is 4.79 Å². The van der Waals surface area contributed by atoms with Crippen molar-refractivity contribution in [1.29, 1.82) is 0 Å². The van der Waals surface area contributed by atoms with Gasteiger partial charge < -0.3 is 14.5 Å².